The van der Waals surface area contributed by atoms with Crippen molar-refractivity contribution in [3.8, 4) is 0 Å². The first-order valence-electron chi connectivity index (χ1n) is 11.7. The van der Waals surface area contributed by atoms with E-state index in [9.17, 15) is 4.79 Å². The second-order valence-electron chi connectivity index (χ2n) is 8.75. The highest BCUT2D eigenvalue weighted by Crippen LogP contribution is 2.24. The maximum Gasteiger partial charge on any atom is 0.252 e. The van der Waals surface area contributed by atoms with Crippen molar-refractivity contribution in [2.24, 2.45) is 0 Å². The van der Waals surface area contributed by atoms with E-state index in [1.165, 1.54) is 5.56 Å². The monoisotopic (exact) mass is 455 g/mol. The highest BCUT2D eigenvalue weighted by molar-refractivity contribution is 5.94. The van der Waals surface area contributed by atoms with Crippen molar-refractivity contribution in [1.82, 2.24) is 34.7 Å². The summed E-state index contributed by atoms with van der Waals surface area (Å²) in [6.45, 7) is 4.24. The number of pyridine rings is 2. The molecule has 174 valence electrons. The fourth-order valence-corrected chi connectivity index (χ4v) is 4.42. The second-order valence-corrected chi connectivity index (χ2v) is 8.75. The van der Waals surface area contributed by atoms with Crippen molar-refractivity contribution < 1.29 is 4.79 Å². The molecule has 0 unspecified atom stereocenters. The van der Waals surface area contributed by atoms with Crippen molar-refractivity contribution in [3.63, 3.8) is 0 Å². The van der Waals surface area contributed by atoms with E-state index in [1.807, 2.05) is 40.9 Å². The first-order valence-corrected chi connectivity index (χ1v) is 11.7. The number of aromatic nitrogens is 4. The molecule has 0 bridgehead atoms. The summed E-state index contributed by atoms with van der Waals surface area (Å²) in [5, 5.41) is 11.9. The summed E-state index contributed by atoms with van der Waals surface area (Å²) in [6.07, 6.45) is 4.31. The molecule has 8 heteroatoms. The molecule has 0 aliphatic carbocycles. The van der Waals surface area contributed by atoms with E-state index in [-0.39, 0.29) is 11.9 Å². The fourth-order valence-electron chi connectivity index (χ4n) is 4.42. The Bertz CT molecular complexity index is 1240. The van der Waals surface area contributed by atoms with E-state index in [1.54, 1.807) is 12.3 Å². The summed E-state index contributed by atoms with van der Waals surface area (Å²) >= 11 is 0. The molecule has 5 rings (SSSR count). The third-order valence-electron chi connectivity index (χ3n) is 6.36. The zero-order valence-corrected chi connectivity index (χ0v) is 19.3. The number of fused-ring (bicyclic) bond motifs is 1. The number of amides is 1. The molecular weight excluding hydrogens is 426 g/mol. The van der Waals surface area contributed by atoms with Gasteiger partial charge in [0.15, 0.2) is 11.5 Å². The Morgan fingerprint density at radius 2 is 1.88 bits per heavy atom. The molecule has 34 heavy (non-hydrogen) atoms. The molecule has 4 aromatic rings. The number of piperazine rings is 1. The van der Waals surface area contributed by atoms with E-state index in [0.29, 0.717) is 18.5 Å². The molecule has 1 aromatic carbocycles. The largest absolute Gasteiger partial charge is 0.352 e. The molecule has 1 saturated heterocycles. The Labute approximate surface area is 199 Å². The third-order valence-corrected chi connectivity index (χ3v) is 6.36. The number of likely N-dealkylation sites (N-methyl/N-ethyl adjacent to an activating group) is 1. The van der Waals surface area contributed by atoms with Gasteiger partial charge in [-0.25, -0.2) is 0 Å². The summed E-state index contributed by atoms with van der Waals surface area (Å²) < 4.78 is 1.96. The normalized spacial score (nSPS) is 17.1. The van der Waals surface area contributed by atoms with Gasteiger partial charge in [0.2, 0.25) is 0 Å². The van der Waals surface area contributed by atoms with Crippen LogP contribution in [0.3, 0.4) is 0 Å². The molecule has 4 heterocycles. The van der Waals surface area contributed by atoms with Crippen LogP contribution < -0.4 is 5.32 Å². The van der Waals surface area contributed by atoms with E-state index >= 15 is 0 Å². The Kier molecular flexibility index (Phi) is 6.60. The number of benzene rings is 1. The van der Waals surface area contributed by atoms with Crippen LogP contribution in [0.25, 0.3) is 5.65 Å². The van der Waals surface area contributed by atoms with Gasteiger partial charge in [-0.15, -0.1) is 10.2 Å². The first-order chi connectivity index (χ1) is 16.7. The molecule has 1 aliphatic heterocycles. The molecule has 1 N–H and O–H groups in total. The molecule has 0 radical (unpaired) electrons. The second kappa shape index (κ2) is 10.1. The van der Waals surface area contributed by atoms with Gasteiger partial charge >= 0.3 is 0 Å². The van der Waals surface area contributed by atoms with Crippen LogP contribution in [-0.2, 0) is 13.0 Å². The lowest BCUT2D eigenvalue weighted by Crippen LogP contribution is -2.46. The average molecular weight is 456 g/mol. The minimum Gasteiger partial charge on any atom is -0.352 e. The van der Waals surface area contributed by atoms with Crippen LogP contribution in [0.1, 0.15) is 33.5 Å². The summed E-state index contributed by atoms with van der Waals surface area (Å²) in [4.78, 5) is 21.9. The third kappa shape index (κ3) is 4.98. The van der Waals surface area contributed by atoms with E-state index < -0.39 is 0 Å². The molecule has 1 atom stereocenters. The summed E-state index contributed by atoms with van der Waals surface area (Å²) in [5.41, 5.74) is 3.60. The van der Waals surface area contributed by atoms with Crippen LogP contribution in [0.4, 0.5) is 0 Å². The maximum atomic E-state index is 12.8. The van der Waals surface area contributed by atoms with Gasteiger partial charge in [0, 0.05) is 57.2 Å². The highest BCUT2D eigenvalue weighted by atomic mass is 16.1. The van der Waals surface area contributed by atoms with Gasteiger partial charge in [-0.2, -0.15) is 0 Å². The molecule has 1 fully saturated rings. The fraction of sp³-hybridized carbons (Fsp3) is 0.308. The Hall–Kier alpha value is -3.62. The van der Waals surface area contributed by atoms with Gasteiger partial charge in [0.25, 0.3) is 5.91 Å². The quantitative estimate of drug-likeness (QED) is 0.462. The number of hydrogen-bond acceptors (Lipinski definition) is 6. The van der Waals surface area contributed by atoms with Crippen LogP contribution in [0.5, 0.6) is 0 Å². The van der Waals surface area contributed by atoms with Crippen LogP contribution >= 0.6 is 0 Å². The van der Waals surface area contributed by atoms with Crippen molar-refractivity contribution in [1.29, 1.82) is 0 Å². The molecule has 1 aliphatic rings. The molecular formula is C26H29N7O. The number of hydrogen-bond donors (Lipinski definition) is 1. The van der Waals surface area contributed by atoms with Crippen LogP contribution in [0, 0.1) is 0 Å². The lowest BCUT2D eigenvalue weighted by Gasteiger charge is -2.38. The zero-order valence-electron chi connectivity index (χ0n) is 19.3. The Morgan fingerprint density at radius 1 is 1.03 bits per heavy atom. The van der Waals surface area contributed by atoms with Gasteiger partial charge < -0.3 is 5.32 Å². The highest BCUT2D eigenvalue weighted by Gasteiger charge is 2.29. The van der Waals surface area contributed by atoms with E-state index in [4.69, 9.17) is 0 Å². The number of nitrogens with zero attached hydrogens (tertiary/aromatic N) is 6. The Balaban J connectivity index is 1.30. The van der Waals surface area contributed by atoms with Crippen molar-refractivity contribution >= 4 is 11.6 Å². The summed E-state index contributed by atoms with van der Waals surface area (Å²) in [5.74, 6) is 0.749. The predicted octanol–water partition coefficient (Wildman–Crippen LogP) is 2.59. The topological polar surface area (TPSA) is 78.7 Å². The standard InChI is InChI=1S/C26H29N7O/c1-31-15-16-32(17-20-7-3-2-4-8-20)19-23(31)25-30-29-24-11-10-21(18-33(24)25)26(34)28-14-12-22-9-5-6-13-27-22/h2-11,13,18,23H,12,14-17,19H2,1H3,(H,28,34)/t23-/m0/s1. The maximum absolute atomic E-state index is 12.8. The lowest BCUT2D eigenvalue weighted by molar-refractivity contribution is 0.0852. The van der Waals surface area contributed by atoms with Gasteiger partial charge in [0.1, 0.15) is 0 Å². The van der Waals surface area contributed by atoms with Gasteiger partial charge in [-0.3, -0.25) is 24.0 Å². The minimum atomic E-state index is -0.111. The average Bonchev–Trinajstić information content (AvgIpc) is 3.29. The van der Waals surface area contributed by atoms with Crippen LogP contribution in [0.15, 0.2) is 73.1 Å². The van der Waals surface area contributed by atoms with Crippen molar-refractivity contribution in [2.75, 3.05) is 33.2 Å². The number of carbonyl (C=O) groups is 1. The van der Waals surface area contributed by atoms with E-state index in [0.717, 1.165) is 43.3 Å². The van der Waals surface area contributed by atoms with Crippen LogP contribution in [0.2, 0.25) is 0 Å². The molecule has 1 amide bonds. The molecule has 0 spiro atoms. The summed E-state index contributed by atoms with van der Waals surface area (Å²) in [6, 6.07) is 20.1. The number of rotatable bonds is 7. The number of nitrogens with one attached hydrogen (secondary N) is 1. The van der Waals surface area contributed by atoms with Crippen molar-refractivity contribution in [3.05, 3.63) is 95.7 Å². The smallest absolute Gasteiger partial charge is 0.252 e. The number of carbonyl (C=O) groups excluding carboxylic acids is 1. The zero-order chi connectivity index (χ0) is 23.3. The van der Waals surface area contributed by atoms with Gasteiger partial charge in [0.05, 0.1) is 11.6 Å². The Morgan fingerprint density at radius 3 is 2.71 bits per heavy atom. The minimum absolute atomic E-state index is 0.0925. The molecule has 0 saturated carbocycles. The SMILES string of the molecule is CN1CCN(Cc2ccccc2)C[C@H]1c1nnc2ccc(C(=O)NCCc3ccccn3)cn12. The van der Waals surface area contributed by atoms with Gasteiger partial charge in [-0.1, -0.05) is 36.4 Å². The molecule has 3 aromatic heterocycles. The lowest BCUT2D eigenvalue weighted by atomic mass is 10.1. The van der Waals surface area contributed by atoms with Crippen LogP contribution in [-0.4, -0.2) is 68.5 Å². The molecule has 8 nitrogen and oxygen atoms in total. The predicted molar refractivity (Wildman–Crippen MR) is 130 cm³/mol. The first kappa shape index (κ1) is 22.2. The van der Waals surface area contributed by atoms with E-state index in [2.05, 4.69) is 61.6 Å². The van der Waals surface area contributed by atoms with Crippen molar-refractivity contribution in [2.45, 2.75) is 19.0 Å². The van der Waals surface area contributed by atoms with Gasteiger partial charge in [-0.05, 0) is 36.9 Å². The summed E-state index contributed by atoms with van der Waals surface area (Å²) in [7, 11) is 2.12.